The topological polar surface area (TPSA) is 52.3 Å². The normalized spacial score (nSPS) is 23.7. The summed E-state index contributed by atoms with van der Waals surface area (Å²) in [6, 6.07) is 5.36. The Morgan fingerprint density at radius 3 is 2.78 bits per heavy atom. The zero-order chi connectivity index (χ0) is 13.1. The third kappa shape index (κ3) is 2.84. The van der Waals surface area contributed by atoms with Crippen molar-refractivity contribution in [2.24, 2.45) is 5.92 Å². The van der Waals surface area contributed by atoms with Crippen molar-refractivity contribution >= 4 is 11.7 Å². The zero-order valence-electron chi connectivity index (χ0n) is 11.1. The number of nitrogens with two attached hydrogens (primary N) is 1. The molecule has 98 valence electrons. The minimum Gasteiger partial charge on any atom is -0.458 e. The van der Waals surface area contributed by atoms with E-state index in [0.717, 1.165) is 24.8 Å². The van der Waals surface area contributed by atoms with Gasteiger partial charge in [0.1, 0.15) is 6.10 Å². The molecule has 3 nitrogen and oxygen atoms in total. The second-order valence-electron chi connectivity index (χ2n) is 5.28. The van der Waals surface area contributed by atoms with Gasteiger partial charge in [0.05, 0.1) is 5.56 Å². The number of carbonyl (C=O) groups excluding carboxylic acids is 1. The van der Waals surface area contributed by atoms with Crippen LogP contribution < -0.4 is 5.73 Å². The van der Waals surface area contributed by atoms with E-state index in [1.54, 1.807) is 12.1 Å². The SMILES string of the molecule is Cc1ccc(N)cc1C(=O)OC1CCCCC1C. The Morgan fingerprint density at radius 1 is 1.33 bits per heavy atom. The first-order valence-corrected chi connectivity index (χ1v) is 6.65. The molecule has 0 bridgehead atoms. The summed E-state index contributed by atoms with van der Waals surface area (Å²) >= 11 is 0. The monoisotopic (exact) mass is 247 g/mol. The Balaban J connectivity index is 2.09. The maximum absolute atomic E-state index is 12.2. The summed E-state index contributed by atoms with van der Waals surface area (Å²) in [7, 11) is 0. The Bertz CT molecular complexity index is 442. The standard InChI is InChI=1S/C15H21NO2/c1-10-7-8-12(16)9-13(10)15(17)18-14-6-4-3-5-11(14)2/h7-9,11,14H,3-6,16H2,1-2H3. The maximum atomic E-state index is 12.2. The molecule has 2 atom stereocenters. The Hall–Kier alpha value is -1.51. The highest BCUT2D eigenvalue weighted by atomic mass is 16.5. The number of aryl methyl sites for hydroxylation is 1. The van der Waals surface area contributed by atoms with Gasteiger partial charge in [0.15, 0.2) is 0 Å². The summed E-state index contributed by atoms with van der Waals surface area (Å²) in [5.41, 5.74) is 7.82. The first-order chi connectivity index (χ1) is 8.58. The molecule has 1 aliphatic rings. The molecule has 2 rings (SSSR count). The van der Waals surface area contributed by atoms with Crippen LogP contribution in [0.2, 0.25) is 0 Å². The van der Waals surface area contributed by atoms with E-state index in [0.29, 0.717) is 17.2 Å². The van der Waals surface area contributed by atoms with Gasteiger partial charge in [-0.3, -0.25) is 0 Å². The van der Waals surface area contributed by atoms with Crippen LogP contribution in [-0.4, -0.2) is 12.1 Å². The van der Waals surface area contributed by atoms with Gasteiger partial charge in [-0.15, -0.1) is 0 Å². The molecule has 18 heavy (non-hydrogen) atoms. The summed E-state index contributed by atoms with van der Waals surface area (Å²) in [6.07, 6.45) is 4.58. The average Bonchev–Trinajstić information content (AvgIpc) is 2.35. The number of nitrogen functional groups attached to an aromatic ring is 1. The molecule has 0 aromatic heterocycles. The second-order valence-corrected chi connectivity index (χ2v) is 5.28. The minimum absolute atomic E-state index is 0.0621. The molecule has 1 aliphatic carbocycles. The van der Waals surface area contributed by atoms with Crippen LogP contribution in [0.4, 0.5) is 5.69 Å². The number of anilines is 1. The van der Waals surface area contributed by atoms with Crippen LogP contribution in [0.15, 0.2) is 18.2 Å². The fraction of sp³-hybridized carbons (Fsp3) is 0.533. The number of carbonyl (C=O) groups is 1. The average molecular weight is 247 g/mol. The highest BCUT2D eigenvalue weighted by Gasteiger charge is 2.25. The van der Waals surface area contributed by atoms with Gasteiger partial charge in [-0.1, -0.05) is 19.4 Å². The van der Waals surface area contributed by atoms with Crippen LogP contribution in [-0.2, 0) is 4.74 Å². The van der Waals surface area contributed by atoms with Gasteiger partial charge in [-0.2, -0.15) is 0 Å². The molecule has 0 aliphatic heterocycles. The molecule has 0 amide bonds. The van der Waals surface area contributed by atoms with Crippen LogP contribution in [0, 0.1) is 12.8 Å². The predicted octanol–water partition coefficient (Wildman–Crippen LogP) is 3.31. The molecule has 0 heterocycles. The molecular formula is C15H21NO2. The molecule has 1 fully saturated rings. The number of ether oxygens (including phenoxy) is 1. The van der Waals surface area contributed by atoms with E-state index in [1.165, 1.54) is 6.42 Å². The Labute approximate surface area is 108 Å². The minimum atomic E-state index is -0.237. The molecule has 1 aromatic carbocycles. The number of benzene rings is 1. The van der Waals surface area contributed by atoms with Crippen LogP contribution in [0.1, 0.15) is 48.5 Å². The molecule has 3 heteroatoms. The molecule has 1 saturated carbocycles. The van der Waals surface area contributed by atoms with Gasteiger partial charge in [0.25, 0.3) is 0 Å². The van der Waals surface area contributed by atoms with Crippen molar-refractivity contribution in [3.8, 4) is 0 Å². The van der Waals surface area contributed by atoms with Gasteiger partial charge >= 0.3 is 5.97 Å². The van der Waals surface area contributed by atoms with Crippen molar-refractivity contribution in [3.63, 3.8) is 0 Å². The fourth-order valence-electron chi connectivity index (χ4n) is 2.52. The van der Waals surface area contributed by atoms with E-state index in [9.17, 15) is 4.79 Å². The summed E-state index contributed by atoms with van der Waals surface area (Å²) in [6.45, 7) is 4.06. The summed E-state index contributed by atoms with van der Waals surface area (Å²) in [5, 5.41) is 0. The zero-order valence-corrected chi connectivity index (χ0v) is 11.1. The lowest BCUT2D eigenvalue weighted by atomic mass is 9.88. The summed E-state index contributed by atoms with van der Waals surface area (Å²) in [4.78, 5) is 12.2. The molecule has 0 spiro atoms. The van der Waals surface area contributed by atoms with Crippen LogP contribution in [0.25, 0.3) is 0 Å². The number of rotatable bonds is 2. The third-order valence-electron chi connectivity index (χ3n) is 3.77. The van der Waals surface area contributed by atoms with E-state index in [1.807, 2.05) is 13.0 Å². The second kappa shape index (κ2) is 5.42. The van der Waals surface area contributed by atoms with Crippen LogP contribution >= 0.6 is 0 Å². The van der Waals surface area contributed by atoms with Crippen molar-refractivity contribution < 1.29 is 9.53 Å². The van der Waals surface area contributed by atoms with Gasteiger partial charge in [-0.05, 0) is 49.8 Å². The largest absolute Gasteiger partial charge is 0.458 e. The van der Waals surface area contributed by atoms with Crippen LogP contribution in [0.3, 0.4) is 0 Å². The van der Waals surface area contributed by atoms with E-state index in [-0.39, 0.29) is 12.1 Å². The van der Waals surface area contributed by atoms with Crippen molar-refractivity contribution in [3.05, 3.63) is 29.3 Å². The Kier molecular flexibility index (Phi) is 3.90. The molecule has 0 saturated heterocycles. The first-order valence-electron chi connectivity index (χ1n) is 6.65. The van der Waals surface area contributed by atoms with Crippen molar-refractivity contribution in [1.29, 1.82) is 0 Å². The fourth-order valence-corrected chi connectivity index (χ4v) is 2.52. The van der Waals surface area contributed by atoms with Crippen molar-refractivity contribution in [2.45, 2.75) is 45.6 Å². The first kappa shape index (κ1) is 12.9. The van der Waals surface area contributed by atoms with Crippen molar-refractivity contribution in [2.75, 3.05) is 5.73 Å². The number of hydrogen-bond acceptors (Lipinski definition) is 3. The van der Waals surface area contributed by atoms with Crippen molar-refractivity contribution in [1.82, 2.24) is 0 Å². The lowest BCUT2D eigenvalue weighted by molar-refractivity contribution is 0.00475. The molecule has 2 unspecified atom stereocenters. The maximum Gasteiger partial charge on any atom is 0.338 e. The Morgan fingerprint density at radius 2 is 2.06 bits per heavy atom. The van der Waals surface area contributed by atoms with E-state index in [4.69, 9.17) is 10.5 Å². The quantitative estimate of drug-likeness (QED) is 0.644. The van der Waals surface area contributed by atoms with E-state index in [2.05, 4.69) is 6.92 Å². The lowest BCUT2D eigenvalue weighted by Crippen LogP contribution is -2.28. The molecule has 1 aromatic rings. The van der Waals surface area contributed by atoms with Gasteiger partial charge in [0, 0.05) is 5.69 Å². The molecule has 2 N–H and O–H groups in total. The predicted molar refractivity (Wildman–Crippen MR) is 72.4 cm³/mol. The summed E-state index contributed by atoms with van der Waals surface area (Å²) < 4.78 is 5.63. The third-order valence-corrected chi connectivity index (χ3v) is 3.77. The van der Waals surface area contributed by atoms with Gasteiger partial charge in [-0.25, -0.2) is 4.79 Å². The summed E-state index contributed by atoms with van der Waals surface area (Å²) in [5.74, 6) is 0.225. The highest BCUT2D eigenvalue weighted by molar-refractivity contribution is 5.92. The molecular weight excluding hydrogens is 226 g/mol. The van der Waals surface area contributed by atoms with Gasteiger partial charge < -0.3 is 10.5 Å². The van der Waals surface area contributed by atoms with E-state index < -0.39 is 0 Å². The van der Waals surface area contributed by atoms with Crippen LogP contribution in [0.5, 0.6) is 0 Å². The highest BCUT2D eigenvalue weighted by Crippen LogP contribution is 2.27. The lowest BCUT2D eigenvalue weighted by Gasteiger charge is -2.28. The smallest absolute Gasteiger partial charge is 0.338 e. The van der Waals surface area contributed by atoms with E-state index >= 15 is 0 Å². The number of hydrogen-bond donors (Lipinski definition) is 1. The molecule has 0 radical (unpaired) electrons. The van der Waals surface area contributed by atoms with Gasteiger partial charge in [0.2, 0.25) is 0 Å². The number of esters is 1.